The molecular formula is C22H21ClN6OS. The van der Waals surface area contributed by atoms with Crippen LogP contribution in [0.5, 0.6) is 0 Å². The molecule has 0 fully saturated rings. The minimum atomic E-state index is -0.163. The number of hydrogen-bond acceptors (Lipinski definition) is 5. The van der Waals surface area contributed by atoms with Crippen molar-refractivity contribution < 1.29 is 4.79 Å². The molecule has 0 aliphatic carbocycles. The third-order valence-corrected chi connectivity index (χ3v) is 6.06. The number of para-hydroxylation sites is 1. The summed E-state index contributed by atoms with van der Waals surface area (Å²) in [6, 6.07) is 15.4. The van der Waals surface area contributed by atoms with Gasteiger partial charge in [-0.3, -0.25) is 9.48 Å². The van der Waals surface area contributed by atoms with Crippen LogP contribution in [0.25, 0.3) is 22.6 Å². The van der Waals surface area contributed by atoms with Crippen LogP contribution in [0, 0.1) is 6.92 Å². The summed E-state index contributed by atoms with van der Waals surface area (Å²) in [4.78, 5) is 12.3. The van der Waals surface area contributed by atoms with Crippen molar-refractivity contribution in [3.8, 4) is 22.6 Å². The number of benzene rings is 2. The average Bonchev–Trinajstić information content (AvgIpc) is 3.31. The van der Waals surface area contributed by atoms with Crippen molar-refractivity contribution in [3.05, 3.63) is 65.3 Å². The number of nitrogens with zero attached hydrogens (tertiary/aromatic N) is 5. The van der Waals surface area contributed by atoms with Gasteiger partial charge >= 0.3 is 0 Å². The van der Waals surface area contributed by atoms with Gasteiger partial charge in [0.05, 0.1) is 22.0 Å². The van der Waals surface area contributed by atoms with Crippen LogP contribution in [0.2, 0.25) is 5.02 Å². The Morgan fingerprint density at radius 1 is 1.10 bits per heavy atom. The number of carbonyl (C=O) groups is 1. The lowest BCUT2D eigenvalue weighted by Gasteiger charge is -2.07. The largest absolute Gasteiger partial charge is 0.324 e. The molecule has 1 N–H and O–H groups in total. The number of carbonyl (C=O) groups excluding carboxylic acids is 1. The second-order valence-electron chi connectivity index (χ2n) is 7.11. The fourth-order valence-electron chi connectivity index (χ4n) is 3.13. The molecule has 4 aromatic rings. The Morgan fingerprint density at radius 3 is 2.58 bits per heavy atom. The lowest BCUT2D eigenvalue weighted by Crippen LogP contribution is -2.14. The molecule has 0 atom stereocenters. The van der Waals surface area contributed by atoms with Gasteiger partial charge in [-0.15, -0.1) is 10.2 Å². The summed E-state index contributed by atoms with van der Waals surface area (Å²) in [5, 5.41) is 17.2. The fourth-order valence-corrected chi connectivity index (χ4v) is 4.02. The highest BCUT2D eigenvalue weighted by Crippen LogP contribution is 2.31. The van der Waals surface area contributed by atoms with Crippen molar-refractivity contribution in [1.82, 2.24) is 24.5 Å². The van der Waals surface area contributed by atoms with Gasteiger partial charge in [0.1, 0.15) is 5.69 Å². The van der Waals surface area contributed by atoms with Crippen LogP contribution in [-0.4, -0.2) is 36.2 Å². The lowest BCUT2D eigenvalue weighted by atomic mass is 10.1. The van der Waals surface area contributed by atoms with Crippen LogP contribution in [-0.2, 0) is 18.9 Å². The Hall–Kier alpha value is -3.10. The van der Waals surface area contributed by atoms with E-state index in [1.54, 1.807) is 16.8 Å². The average molecular weight is 453 g/mol. The maximum atomic E-state index is 12.3. The third-order valence-electron chi connectivity index (χ3n) is 4.71. The molecule has 4 rings (SSSR count). The number of amides is 1. The number of aryl methyl sites for hydroxylation is 2. The highest BCUT2D eigenvalue weighted by molar-refractivity contribution is 7.99. The van der Waals surface area contributed by atoms with Gasteiger partial charge in [0, 0.05) is 25.9 Å². The topological polar surface area (TPSA) is 77.6 Å². The molecule has 9 heteroatoms. The molecule has 0 aliphatic rings. The second-order valence-corrected chi connectivity index (χ2v) is 8.46. The van der Waals surface area contributed by atoms with Gasteiger partial charge in [0.15, 0.2) is 11.0 Å². The minimum absolute atomic E-state index is 0.163. The molecule has 0 bridgehead atoms. The summed E-state index contributed by atoms with van der Waals surface area (Å²) >= 11 is 7.42. The summed E-state index contributed by atoms with van der Waals surface area (Å²) in [5.74, 6) is 0.719. The van der Waals surface area contributed by atoms with Crippen molar-refractivity contribution in [2.45, 2.75) is 12.1 Å². The molecular weight excluding hydrogens is 432 g/mol. The number of hydrogen-bond donors (Lipinski definition) is 1. The molecule has 158 valence electrons. The first-order valence-electron chi connectivity index (χ1n) is 9.60. The Morgan fingerprint density at radius 2 is 1.84 bits per heavy atom. The SMILES string of the molecule is Cc1ccc(-c2nn(C)cc2-c2nnc(SCC(=O)Nc3ccccc3Cl)n2C)cc1. The number of halogens is 1. The highest BCUT2D eigenvalue weighted by Gasteiger charge is 2.19. The Bertz CT molecular complexity index is 1230. The zero-order valence-corrected chi connectivity index (χ0v) is 18.9. The van der Waals surface area contributed by atoms with Crippen LogP contribution in [0.3, 0.4) is 0 Å². The first-order valence-corrected chi connectivity index (χ1v) is 11.0. The third kappa shape index (κ3) is 4.65. The summed E-state index contributed by atoms with van der Waals surface area (Å²) < 4.78 is 3.64. The molecule has 31 heavy (non-hydrogen) atoms. The number of thioether (sulfide) groups is 1. The van der Waals surface area contributed by atoms with E-state index in [-0.39, 0.29) is 11.7 Å². The standard InChI is InChI=1S/C22H21ClN6OS/c1-14-8-10-15(11-9-14)20-16(12-28(2)27-20)21-25-26-22(29(21)3)31-13-19(30)24-18-7-5-4-6-17(18)23/h4-12H,13H2,1-3H3,(H,24,30). The molecule has 2 aromatic carbocycles. The van der Waals surface area contributed by atoms with Gasteiger partial charge in [-0.2, -0.15) is 5.10 Å². The molecule has 2 heterocycles. The van der Waals surface area contributed by atoms with E-state index in [1.807, 2.05) is 49.1 Å². The van der Waals surface area contributed by atoms with E-state index in [2.05, 4.69) is 39.7 Å². The summed E-state index contributed by atoms with van der Waals surface area (Å²) in [7, 11) is 3.77. The summed E-state index contributed by atoms with van der Waals surface area (Å²) in [6.07, 6.45) is 1.93. The van der Waals surface area contributed by atoms with Gasteiger partial charge in [0.25, 0.3) is 0 Å². The molecule has 0 saturated carbocycles. The maximum Gasteiger partial charge on any atom is 0.234 e. The van der Waals surface area contributed by atoms with E-state index < -0.39 is 0 Å². The van der Waals surface area contributed by atoms with Gasteiger partial charge in [-0.05, 0) is 19.1 Å². The molecule has 7 nitrogen and oxygen atoms in total. The monoisotopic (exact) mass is 452 g/mol. The van der Waals surface area contributed by atoms with E-state index in [9.17, 15) is 4.79 Å². The molecule has 0 unspecified atom stereocenters. The second kappa shape index (κ2) is 8.95. The molecule has 0 saturated heterocycles. The number of anilines is 1. The lowest BCUT2D eigenvalue weighted by molar-refractivity contribution is -0.113. The highest BCUT2D eigenvalue weighted by atomic mass is 35.5. The predicted molar refractivity (Wildman–Crippen MR) is 124 cm³/mol. The van der Waals surface area contributed by atoms with E-state index >= 15 is 0 Å². The first-order chi connectivity index (χ1) is 14.9. The van der Waals surface area contributed by atoms with E-state index in [4.69, 9.17) is 11.6 Å². The zero-order valence-electron chi connectivity index (χ0n) is 17.3. The summed E-state index contributed by atoms with van der Waals surface area (Å²) in [5.41, 5.74) is 4.51. The maximum absolute atomic E-state index is 12.3. The van der Waals surface area contributed by atoms with Gasteiger partial charge in [0.2, 0.25) is 5.91 Å². The molecule has 0 aliphatic heterocycles. The zero-order chi connectivity index (χ0) is 22.0. The normalized spacial score (nSPS) is 11.0. The van der Waals surface area contributed by atoms with Crippen LogP contribution in [0.15, 0.2) is 59.9 Å². The summed E-state index contributed by atoms with van der Waals surface area (Å²) in [6.45, 7) is 2.05. The molecule has 2 aromatic heterocycles. The van der Waals surface area contributed by atoms with E-state index in [0.29, 0.717) is 21.7 Å². The predicted octanol–water partition coefficient (Wildman–Crippen LogP) is 4.58. The van der Waals surface area contributed by atoms with Crippen LogP contribution >= 0.6 is 23.4 Å². The van der Waals surface area contributed by atoms with E-state index in [0.717, 1.165) is 16.8 Å². The first kappa shape index (κ1) is 21.1. The fraction of sp³-hybridized carbons (Fsp3) is 0.182. The number of aromatic nitrogens is 5. The number of rotatable bonds is 6. The van der Waals surface area contributed by atoms with Crippen LogP contribution in [0.4, 0.5) is 5.69 Å². The Kier molecular flexibility index (Phi) is 6.11. The molecule has 0 spiro atoms. The van der Waals surface area contributed by atoms with Crippen molar-refractivity contribution >= 4 is 35.0 Å². The van der Waals surface area contributed by atoms with E-state index in [1.165, 1.54) is 17.3 Å². The Labute approximate surface area is 189 Å². The van der Waals surface area contributed by atoms with Gasteiger partial charge in [-0.25, -0.2) is 0 Å². The quantitative estimate of drug-likeness (QED) is 0.433. The van der Waals surface area contributed by atoms with Crippen molar-refractivity contribution in [1.29, 1.82) is 0 Å². The van der Waals surface area contributed by atoms with Gasteiger partial charge < -0.3 is 9.88 Å². The molecule has 0 radical (unpaired) electrons. The van der Waals surface area contributed by atoms with Gasteiger partial charge in [-0.1, -0.05) is 65.3 Å². The minimum Gasteiger partial charge on any atom is -0.324 e. The van der Waals surface area contributed by atoms with Crippen LogP contribution < -0.4 is 5.32 Å². The van der Waals surface area contributed by atoms with Crippen LogP contribution in [0.1, 0.15) is 5.56 Å². The Balaban J connectivity index is 1.52. The van der Waals surface area contributed by atoms with Crippen molar-refractivity contribution in [2.75, 3.05) is 11.1 Å². The van der Waals surface area contributed by atoms with Crippen molar-refractivity contribution in [2.24, 2.45) is 14.1 Å². The molecule has 1 amide bonds. The van der Waals surface area contributed by atoms with Crippen molar-refractivity contribution in [3.63, 3.8) is 0 Å². The number of nitrogens with one attached hydrogen (secondary N) is 1. The smallest absolute Gasteiger partial charge is 0.234 e.